The third kappa shape index (κ3) is 2.00. The maximum atomic E-state index is 5.39. The van der Waals surface area contributed by atoms with E-state index in [0.29, 0.717) is 11.7 Å². The lowest BCUT2D eigenvalue weighted by Gasteiger charge is -2.17. The van der Waals surface area contributed by atoms with Gasteiger partial charge in [-0.25, -0.2) is 0 Å². The zero-order valence-electron chi connectivity index (χ0n) is 10.8. The van der Waals surface area contributed by atoms with Gasteiger partial charge in [-0.15, -0.1) is 11.3 Å². The molecule has 0 fully saturated rings. The predicted octanol–water partition coefficient (Wildman–Crippen LogP) is 3.82. The first-order valence-electron chi connectivity index (χ1n) is 6.65. The van der Waals surface area contributed by atoms with Gasteiger partial charge in [0.15, 0.2) is 0 Å². The molecule has 1 aliphatic heterocycles. The second-order valence-electron chi connectivity index (χ2n) is 4.80. The Hall–Kier alpha value is -2.14. The third-order valence-corrected chi connectivity index (χ3v) is 4.32. The fourth-order valence-corrected chi connectivity index (χ4v) is 3.10. The highest BCUT2D eigenvalue weighted by Gasteiger charge is 2.14. The number of rotatable bonds is 2. The van der Waals surface area contributed by atoms with E-state index in [1.54, 1.807) is 11.3 Å². The van der Waals surface area contributed by atoms with Gasteiger partial charge in [0, 0.05) is 17.8 Å². The summed E-state index contributed by atoms with van der Waals surface area (Å²) >= 11 is 1.61. The molecule has 5 heteroatoms. The molecule has 4 nitrogen and oxygen atoms in total. The minimum Gasteiger partial charge on any atom is -0.385 e. The summed E-state index contributed by atoms with van der Waals surface area (Å²) in [5.74, 6) is 1.24. The molecule has 3 heterocycles. The summed E-state index contributed by atoms with van der Waals surface area (Å²) in [6, 6.07) is 10.3. The van der Waals surface area contributed by atoms with Gasteiger partial charge in [-0.05, 0) is 48.1 Å². The number of hydrogen-bond donors (Lipinski definition) is 1. The van der Waals surface area contributed by atoms with Crippen LogP contribution in [0.25, 0.3) is 22.2 Å². The monoisotopic (exact) mass is 283 g/mol. The van der Waals surface area contributed by atoms with E-state index in [2.05, 4.69) is 27.6 Å². The molecule has 0 saturated heterocycles. The number of aromatic nitrogens is 2. The van der Waals surface area contributed by atoms with E-state index in [-0.39, 0.29) is 0 Å². The van der Waals surface area contributed by atoms with Crippen molar-refractivity contribution in [1.29, 1.82) is 0 Å². The largest absolute Gasteiger partial charge is 0.385 e. The zero-order chi connectivity index (χ0) is 13.4. The van der Waals surface area contributed by atoms with Crippen LogP contribution in [0.4, 0.5) is 5.69 Å². The molecule has 1 aromatic carbocycles. The molecule has 3 aromatic rings. The smallest absolute Gasteiger partial charge is 0.258 e. The molecular weight excluding hydrogens is 270 g/mol. The van der Waals surface area contributed by atoms with E-state index < -0.39 is 0 Å². The Bertz CT molecular complexity index is 733. The van der Waals surface area contributed by atoms with Gasteiger partial charge in [0.25, 0.3) is 5.89 Å². The van der Waals surface area contributed by atoms with Crippen LogP contribution in [0.2, 0.25) is 0 Å². The van der Waals surface area contributed by atoms with Gasteiger partial charge in [0.05, 0.1) is 4.88 Å². The van der Waals surface area contributed by atoms with Crippen molar-refractivity contribution in [2.75, 3.05) is 11.9 Å². The lowest BCUT2D eigenvalue weighted by atomic mass is 10.0. The van der Waals surface area contributed by atoms with Crippen LogP contribution in [0, 0.1) is 0 Å². The summed E-state index contributed by atoms with van der Waals surface area (Å²) in [7, 11) is 0. The van der Waals surface area contributed by atoms with Crippen molar-refractivity contribution >= 4 is 17.0 Å². The SMILES string of the molecule is c1csc(-c2noc(-c3ccc4c(c3)CCCN4)n2)c1. The quantitative estimate of drug-likeness (QED) is 0.776. The van der Waals surface area contributed by atoms with Crippen molar-refractivity contribution in [2.24, 2.45) is 0 Å². The second-order valence-corrected chi connectivity index (χ2v) is 5.75. The van der Waals surface area contributed by atoms with Gasteiger partial charge in [-0.2, -0.15) is 4.98 Å². The Kier molecular flexibility index (Phi) is 2.77. The van der Waals surface area contributed by atoms with Crippen LogP contribution in [-0.2, 0) is 6.42 Å². The number of nitrogens with one attached hydrogen (secondary N) is 1. The van der Waals surface area contributed by atoms with E-state index in [1.807, 2.05) is 23.6 Å². The summed E-state index contributed by atoms with van der Waals surface area (Å²) in [6.07, 6.45) is 2.27. The Balaban J connectivity index is 1.71. The van der Waals surface area contributed by atoms with Crippen molar-refractivity contribution < 1.29 is 4.52 Å². The minimum atomic E-state index is 0.585. The van der Waals surface area contributed by atoms with Crippen molar-refractivity contribution in [3.63, 3.8) is 0 Å². The van der Waals surface area contributed by atoms with Crippen molar-refractivity contribution in [3.8, 4) is 22.2 Å². The molecule has 0 aliphatic carbocycles. The van der Waals surface area contributed by atoms with E-state index in [9.17, 15) is 0 Å². The number of benzene rings is 1. The highest BCUT2D eigenvalue weighted by molar-refractivity contribution is 7.13. The summed E-state index contributed by atoms with van der Waals surface area (Å²) in [5.41, 5.74) is 3.53. The topological polar surface area (TPSA) is 51.0 Å². The number of hydrogen-bond acceptors (Lipinski definition) is 5. The summed E-state index contributed by atoms with van der Waals surface area (Å²) in [4.78, 5) is 5.51. The molecule has 0 radical (unpaired) electrons. The van der Waals surface area contributed by atoms with E-state index in [1.165, 1.54) is 17.7 Å². The number of aryl methyl sites for hydroxylation is 1. The molecular formula is C15H13N3OS. The molecule has 0 bridgehead atoms. The zero-order valence-corrected chi connectivity index (χ0v) is 11.6. The van der Waals surface area contributed by atoms with Crippen LogP contribution in [0.5, 0.6) is 0 Å². The van der Waals surface area contributed by atoms with Crippen LogP contribution in [0.1, 0.15) is 12.0 Å². The summed E-state index contributed by atoms with van der Waals surface area (Å²) in [5, 5.41) is 9.47. The molecule has 0 amide bonds. The fourth-order valence-electron chi connectivity index (χ4n) is 2.45. The first-order chi connectivity index (χ1) is 9.90. The molecule has 0 spiro atoms. The Labute approximate surface area is 120 Å². The first-order valence-corrected chi connectivity index (χ1v) is 7.53. The summed E-state index contributed by atoms with van der Waals surface area (Å²) in [6.45, 7) is 1.05. The molecule has 0 atom stereocenters. The van der Waals surface area contributed by atoms with Gasteiger partial charge < -0.3 is 9.84 Å². The lowest BCUT2D eigenvalue weighted by Crippen LogP contribution is -2.11. The third-order valence-electron chi connectivity index (χ3n) is 3.46. The highest BCUT2D eigenvalue weighted by atomic mass is 32.1. The standard InChI is InChI=1S/C15H13N3OS/c1-3-10-9-11(5-6-12(10)16-7-1)15-17-14(18-19-15)13-4-2-8-20-13/h2,4-6,8-9,16H,1,3,7H2. The van der Waals surface area contributed by atoms with Crippen LogP contribution in [0.15, 0.2) is 40.2 Å². The maximum Gasteiger partial charge on any atom is 0.258 e. The molecule has 1 aliphatic rings. The average Bonchev–Trinajstić information content (AvgIpc) is 3.17. The molecule has 0 unspecified atom stereocenters. The summed E-state index contributed by atoms with van der Waals surface area (Å²) < 4.78 is 5.39. The normalized spacial score (nSPS) is 13.8. The highest BCUT2D eigenvalue weighted by Crippen LogP contribution is 2.29. The van der Waals surface area contributed by atoms with Crippen molar-refractivity contribution in [3.05, 3.63) is 41.3 Å². The maximum absolute atomic E-state index is 5.39. The first kappa shape index (κ1) is 11.7. The Morgan fingerprint density at radius 1 is 1.25 bits per heavy atom. The van der Waals surface area contributed by atoms with Crippen LogP contribution >= 0.6 is 11.3 Å². The molecule has 0 saturated carbocycles. The average molecular weight is 283 g/mol. The van der Waals surface area contributed by atoms with Crippen molar-refractivity contribution in [2.45, 2.75) is 12.8 Å². The van der Waals surface area contributed by atoms with E-state index >= 15 is 0 Å². The Morgan fingerprint density at radius 2 is 2.25 bits per heavy atom. The van der Waals surface area contributed by atoms with Crippen molar-refractivity contribution in [1.82, 2.24) is 10.1 Å². The van der Waals surface area contributed by atoms with Gasteiger partial charge in [0.1, 0.15) is 0 Å². The fraction of sp³-hybridized carbons (Fsp3) is 0.200. The van der Waals surface area contributed by atoms with Gasteiger partial charge in [-0.3, -0.25) is 0 Å². The lowest BCUT2D eigenvalue weighted by molar-refractivity contribution is 0.432. The number of fused-ring (bicyclic) bond motifs is 1. The number of nitrogens with zero attached hydrogens (tertiary/aromatic N) is 2. The molecule has 2 aromatic heterocycles. The van der Waals surface area contributed by atoms with Gasteiger partial charge >= 0.3 is 0 Å². The van der Waals surface area contributed by atoms with Crippen LogP contribution in [-0.4, -0.2) is 16.7 Å². The predicted molar refractivity (Wildman–Crippen MR) is 79.9 cm³/mol. The second kappa shape index (κ2) is 4.76. The number of anilines is 1. The number of thiophene rings is 1. The van der Waals surface area contributed by atoms with Crippen LogP contribution in [0.3, 0.4) is 0 Å². The minimum absolute atomic E-state index is 0.585. The van der Waals surface area contributed by atoms with Crippen LogP contribution < -0.4 is 5.32 Å². The molecule has 4 rings (SSSR count). The van der Waals surface area contributed by atoms with Gasteiger partial charge in [-0.1, -0.05) is 11.2 Å². The molecule has 100 valence electrons. The Morgan fingerprint density at radius 3 is 3.15 bits per heavy atom. The molecule has 20 heavy (non-hydrogen) atoms. The van der Waals surface area contributed by atoms with E-state index in [0.717, 1.165) is 23.4 Å². The molecule has 1 N–H and O–H groups in total. The van der Waals surface area contributed by atoms with E-state index in [4.69, 9.17) is 4.52 Å². The van der Waals surface area contributed by atoms with Gasteiger partial charge in [0.2, 0.25) is 5.82 Å².